The Morgan fingerprint density at radius 1 is 0.496 bits per heavy atom. The van der Waals surface area contributed by atoms with E-state index in [-0.39, 0.29) is 106 Å². The molecular formula is C96H123Cl4N11O22. The molecule has 5 aromatic carbocycles. The molecule has 33 nitrogen and oxygen atoms in total. The number of carbonyl (C=O) groups is 9. The second-order valence-electron chi connectivity index (χ2n) is 37.6. The van der Waals surface area contributed by atoms with Crippen LogP contribution in [0.1, 0.15) is 205 Å². The first-order valence-corrected chi connectivity index (χ1v) is 47.2. The van der Waals surface area contributed by atoms with Crippen LogP contribution in [-0.2, 0) is 114 Å². The van der Waals surface area contributed by atoms with Crippen molar-refractivity contribution >= 4 is 100 Å². The minimum Gasteiger partial charge on any atom is -0.508 e. The number of halogens is 4. The molecule has 1 aromatic heterocycles. The zero-order chi connectivity index (χ0) is 95.7. The molecule has 37 heteroatoms. The van der Waals surface area contributed by atoms with Crippen LogP contribution in [0.2, 0.25) is 20.1 Å². The number of phenols is 3. The predicted molar refractivity (Wildman–Crippen MR) is 492 cm³/mol. The van der Waals surface area contributed by atoms with Gasteiger partial charge in [-0.05, 0) is 209 Å². The van der Waals surface area contributed by atoms with Crippen molar-refractivity contribution in [2.24, 2.45) is 28.4 Å². The number of aromatic nitrogens is 3. The number of aliphatic carboxylic acids is 1. The van der Waals surface area contributed by atoms with Gasteiger partial charge in [-0.2, -0.15) is 0 Å². The number of amides is 7. The molecule has 0 unspecified atom stereocenters. The lowest BCUT2D eigenvalue weighted by Gasteiger charge is -2.46. The number of ether oxygens (including phenoxy) is 9. The third-order valence-corrected chi connectivity index (χ3v) is 28.4. The summed E-state index contributed by atoms with van der Waals surface area (Å²) in [6.45, 7) is 20.4. The monoisotopic (exact) mass is 1920 g/mol. The van der Waals surface area contributed by atoms with Gasteiger partial charge in [-0.1, -0.05) is 77.3 Å². The molecule has 16 rings (SSSR count). The van der Waals surface area contributed by atoms with Gasteiger partial charge in [-0.3, -0.25) is 43.4 Å². The van der Waals surface area contributed by atoms with Crippen molar-refractivity contribution in [2.45, 2.75) is 207 Å². The molecule has 133 heavy (non-hydrogen) atoms. The number of aromatic hydroxyl groups is 3. The van der Waals surface area contributed by atoms with Gasteiger partial charge in [0.05, 0.1) is 86.6 Å². The van der Waals surface area contributed by atoms with Crippen molar-refractivity contribution in [1.29, 1.82) is 0 Å². The van der Waals surface area contributed by atoms with Crippen LogP contribution in [0, 0.1) is 22.7 Å². The summed E-state index contributed by atoms with van der Waals surface area (Å²) < 4.78 is 51.8. The maximum Gasteiger partial charge on any atom is 0.410 e. The van der Waals surface area contributed by atoms with Gasteiger partial charge >= 0.3 is 24.1 Å². The first-order valence-electron chi connectivity index (χ1n) is 45.7. The molecule has 6 aromatic rings. The molecule has 7 amide bonds. The lowest BCUT2D eigenvalue weighted by molar-refractivity contribution is -0.169. The molecule has 0 spiro atoms. The fourth-order valence-corrected chi connectivity index (χ4v) is 20.9. The van der Waals surface area contributed by atoms with Crippen LogP contribution >= 0.6 is 46.4 Å². The number of morpholine rings is 3. The minimum absolute atomic E-state index is 0.00622. The van der Waals surface area contributed by atoms with Crippen molar-refractivity contribution < 1.29 is 106 Å². The van der Waals surface area contributed by atoms with Crippen LogP contribution < -0.4 is 19.9 Å². The highest BCUT2D eigenvalue weighted by molar-refractivity contribution is 6.32. The molecule has 0 radical (unpaired) electrons. The summed E-state index contributed by atoms with van der Waals surface area (Å²) in [4.78, 5) is 130. The van der Waals surface area contributed by atoms with E-state index in [4.69, 9.17) is 94.8 Å². The Hall–Kier alpha value is -10.1. The molecular weight excluding hydrogens is 1800 g/mol. The van der Waals surface area contributed by atoms with Gasteiger partial charge in [-0.15, -0.1) is 5.10 Å². The highest BCUT2D eigenvalue weighted by atomic mass is 35.5. The zero-order valence-electron chi connectivity index (χ0n) is 77.3. The number of esters is 1. The van der Waals surface area contributed by atoms with Crippen LogP contribution in [-0.4, -0.2) is 260 Å². The number of phenolic OH excluding ortho intramolecular Hbond substituents is 3. The number of carboxylic acids is 1. The largest absolute Gasteiger partial charge is 0.508 e. The first kappa shape index (κ1) is 100. The molecule has 3 saturated heterocycles. The highest BCUT2D eigenvalue weighted by Gasteiger charge is 2.53. The Morgan fingerprint density at radius 3 is 1.38 bits per heavy atom. The van der Waals surface area contributed by atoms with Crippen molar-refractivity contribution in [3.8, 4) is 34.5 Å². The topological polar surface area (TPSA) is 397 Å². The Bertz CT molecular complexity index is 5300. The van der Waals surface area contributed by atoms with Crippen molar-refractivity contribution in [2.75, 3.05) is 126 Å². The third-order valence-electron chi connectivity index (χ3n) is 27.0. The van der Waals surface area contributed by atoms with Gasteiger partial charge in [0.2, 0.25) is 29.5 Å². The lowest BCUT2D eigenvalue weighted by Crippen LogP contribution is -2.54. The summed E-state index contributed by atoms with van der Waals surface area (Å²) in [5.74, 6) is -1.54. The average molecular weight is 1920 g/mol. The van der Waals surface area contributed by atoms with E-state index in [1.807, 2.05) is 44.5 Å². The molecule has 9 heterocycles. The Labute approximate surface area is 794 Å². The quantitative estimate of drug-likeness (QED) is 0.0394. The lowest BCUT2D eigenvalue weighted by atomic mass is 9.66. The molecule has 5 fully saturated rings. The SMILES string of the molecule is CC(C)(C)OC(=O)N1CCc2c(Cl)ccc(O)c2[C@H]1CN.CC(C)(C)OC(=O)N1CCc2c(Cl)ccc(O)c2[C@H]1CN1CCOCC1=O.COc1ccc(COC(=O)[C@@]2(C)CCCC[C@H]2C(=O)N2CCc3c(Cl)ccc(O)c3[C@H]2CN2CCOCC2=O)c(OC)c1.C[C@]1(C(=O)O)CCCC[C@H]1C(=O)N1CCc2c(Cl)ccc(OCc3nnn4c3CCCC4)c2[C@H]1CN1CCOCC1=O. The van der Waals surface area contributed by atoms with Gasteiger partial charge in [0.25, 0.3) is 0 Å². The fraction of sp³-hybridized carbons (Fsp3) is 0.573. The number of hydrogen-bond donors (Lipinski definition) is 5. The van der Waals surface area contributed by atoms with E-state index in [2.05, 4.69) is 10.3 Å². The normalized spacial score (nSPS) is 23.0. The van der Waals surface area contributed by atoms with Gasteiger partial charge in [-0.25, -0.2) is 14.3 Å². The van der Waals surface area contributed by atoms with Crippen LogP contribution in [0.4, 0.5) is 9.59 Å². The second-order valence-corrected chi connectivity index (χ2v) is 39.3. The van der Waals surface area contributed by atoms with Crippen LogP contribution in [0.25, 0.3) is 0 Å². The average Bonchev–Trinajstić information content (AvgIpc) is 0.908. The molecule has 8 aliphatic heterocycles. The van der Waals surface area contributed by atoms with E-state index >= 15 is 0 Å². The van der Waals surface area contributed by atoms with Gasteiger partial charge in [0.1, 0.15) is 84.4 Å². The smallest absolute Gasteiger partial charge is 0.410 e. The van der Waals surface area contributed by atoms with Gasteiger partial charge in [0, 0.05) is 133 Å². The van der Waals surface area contributed by atoms with Crippen LogP contribution in [0.15, 0.2) is 66.7 Å². The Kier molecular flexibility index (Phi) is 32.6. The number of methoxy groups -OCH3 is 2. The maximum absolute atomic E-state index is 14.5. The molecule has 6 N–H and O–H groups in total. The number of fused-ring (bicyclic) bond motifs is 5. The Balaban J connectivity index is 0.000000156. The second kappa shape index (κ2) is 43.3. The summed E-state index contributed by atoms with van der Waals surface area (Å²) in [7, 11) is 3.11. The van der Waals surface area contributed by atoms with E-state index in [0.717, 1.165) is 90.7 Å². The number of hydrogen-bond acceptors (Lipinski definition) is 24. The van der Waals surface area contributed by atoms with Crippen LogP contribution in [0.3, 0.4) is 0 Å². The standard InChI is InChI=1S/C32H39ClN2O8.C30H38ClN5O6.C19H25ClN2O5.C15H21ClN2O3/c1-32(31(39)43-18-20-7-8-21(40-2)16-27(20)41-3)12-5-4-6-23(32)30(38)35-13-11-22-24(33)9-10-26(36)29(22)25(35)17-34-14-15-42-19-28(34)37;1-30(29(39)40)11-4-2-6-20(30)28(38)35-13-10-19-21(31)8-9-25(27(19)24(35)16-34-14-15-41-18-26(34)37)42-17-22-23-7-3-5-12-36(23)33-32-22;1-19(2,3)27-18(25)22-7-6-12-13(20)4-5-15(23)17(12)14(22)10-21-8-9-26-11-16(21)24;1-15(2,3)21-14(20)18-7-6-9-10(16)4-5-12(19)13(9)11(18)8-17/h7-10,16,23,25,36H,4-6,11-15,17-19H2,1-3H3;8-9,20,24H,2-7,10-18H2,1H3,(H,39,40);4-5,14,23H,6-11H2,1-3H3;4-5,11,19H,6-8,17H2,1-3H3/t23-,25+,32-;20-,24+,30-;14-;11-/m0011/s1. The molecule has 8 atom stereocenters. The number of benzene rings is 5. The molecule has 0 bridgehead atoms. The summed E-state index contributed by atoms with van der Waals surface area (Å²) >= 11 is 25.8. The zero-order valence-corrected chi connectivity index (χ0v) is 80.3. The number of nitrogens with zero attached hydrogens (tertiary/aromatic N) is 10. The van der Waals surface area contributed by atoms with Gasteiger partial charge in [0.15, 0.2) is 0 Å². The van der Waals surface area contributed by atoms with E-state index in [0.29, 0.717) is 177 Å². The molecule has 2 aliphatic carbocycles. The number of carboxylic acid groups (broad SMARTS) is 1. The highest BCUT2D eigenvalue weighted by Crippen LogP contribution is 2.51. The third kappa shape index (κ3) is 22.7. The van der Waals surface area contributed by atoms with E-state index in [1.54, 1.807) is 113 Å². The summed E-state index contributed by atoms with van der Waals surface area (Å²) in [6.07, 6.45) is 9.40. The number of nitrogens with two attached hydrogens (primary N) is 1. The first-order chi connectivity index (χ1) is 63.4. The minimum atomic E-state index is -1.14. The summed E-state index contributed by atoms with van der Waals surface area (Å²) in [5, 5.41) is 52.7. The predicted octanol–water partition coefficient (Wildman–Crippen LogP) is 13.3. The molecule has 2 saturated carbocycles. The van der Waals surface area contributed by atoms with Gasteiger partial charge < -0.3 is 93.3 Å². The number of carbonyl (C=O) groups excluding carboxylic acids is 8. The van der Waals surface area contributed by atoms with Crippen molar-refractivity contribution in [3.05, 3.63) is 148 Å². The molecule has 10 aliphatic rings. The van der Waals surface area contributed by atoms with E-state index in [9.17, 15) is 63.6 Å². The van der Waals surface area contributed by atoms with E-state index in [1.165, 1.54) is 18.2 Å². The van der Waals surface area contributed by atoms with E-state index < -0.39 is 82.2 Å². The summed E-state index contributed by atoms with van der Waals surface area (Å²) in [6, 6.07) is 16.3. The van der Waals surface area contributed by atoms with Crippen molar-refractivity contribution in [3.63, 3.8) is 0 Å². The van der Waals surface area contributed by atoms with Crippen LogP contribution in [0.5, 0.6) is 34.5 Å². The number of rotatable bonds is 18. The maximum atomic E-state index is 14.5. The van der Waals surface area contributed by atoms with Crippen molar-refractivity contribution in [1.82, 2.24) is 49.3 Å². The molecule has 722 valence electrons. The Morgan fingerprint density at radius 2 is 0.925 bits per heavy atom. The fourth-order valence-electron chi connectivity index (χ4n) is 19.8. The number of aryl methyl sites for hydroxylation is 1. The summed E-state index contributed by atoms with van der Waals surface area (Å²) in [5.41, 5.74) is 10.8.